The normalized spacial score (nSPS) is 15.8. The molecule has 2 aromatic heterocycles. The fourth-order valence-corrected chi connectivity index (χ4v) is 4.01. The van der Waals surface area contributed by atoms with Gasteiger partial charge in [0.25, 0.3) is 5.91 Å². The summed E-state index contributed by atoms with van der Waals surface area (Å²) in [7, 11) is 0. The van der Waals surface area contributed by atoms with Gasteiger partial charge in [0.2, 0.25) is 0 Å². The number of aromatic nitrogens is 3. The maximum absolute atomic E-state index is 12.8. The molecule has 4 aromatic rings. The minimum atomic E-state index is 0.0518. The van der Waals surface area contributed by atoms with Gasteiger partial charge in [-0.05, 0) is 43.2 Å². The molecule has 3 heterocycles. The third-order valence-electron chi connectivity index (χ3n) is 4.94. The zero-order valence-corrected chi connectivity index (χ0v) is 14.8. The van der Waals surface area contributed by atoms with Crippen LogP contribution in [-0.4, -0.2) is 37.6 Å². The molecular weight excluding hydrogens is 348 g/mol. The van der Waals surface area contributed by atoms with Gasteiger partial charge in [-0.2, -0.15) is 8.75 Å². The van der Waals surface area contributed by atoms with Crippen LogP contribution >= 0.6 is 11.7 Å². The van der Waals surface area contributed by atoms with Gasteiger partial charge in [0.05, 0.1) is 11.7 Å². The van der Waals surface area contributed by atoms with Gasteiger partial charge in [-0.15, -0.1) is 0 Å². The molecule has 0 saturated carbocycles. The van der Waals surface area contributed by atoms with E-state index in [1.807, 2.05) is 47.4 Å². The Morgan fingerprint density at radius 3 is 2.69 bits per heavy atom. The van der Waals surface area contributed by atoms with Gasteiger partial charge >= 0.3 is 0 Å². The first kappa shape index (κ1) is 15.5. The second-order valence-corrected chi connectivity index (χ2v) is 7.08. The van der Waals surface area contributed by atoms with E-state index in [0.29, 0.717) is 18.7 Å². The quantitative estimate of drug-likeness (QED) is 0.540. The summed E-state index contributed by atoms with van der Waals surface area (Å²) in [5, 5.41) is 0. The molecule has 130 valence electrons. The first-order chi connectivity index (χ1) is 12.8. The smallest absolute Gasteiger partial charge is 0.253 e. The van der Waals surface area contributed by atoms with Crippen LogP contribution in [0.1, 0.15) is 35.0 Å². The maximum Gasteiger partial charge on any atom is 0.253 e. The number of nitrogens with zero attached hydrogens (tertiary/aromatic N) is 4. The number of rotatable bonds is 2. The van der Waals surface area contributed by atoms with E-state index >= 15 is 0 Å². The molecule has 1 fully saturated rings. The largest absolute Gasteiger partial charge is 0.440 e. The Kier molecular flexibility index (Phi) is 3.67. The number of carbonyl (C=O) groups is 1. The van der Waals surface area contributed by atoms with Crippen LogP contribution in [-0.2, 0) is 0 Å². The van der Waals surface area contributed by atoms with E-state index in [4.69, 9.17) is 4.42 Å². The average molecular weight is 364 g/mol. The van der Waals surface area contributed by atoms with Crippen molar-refractivity contribution >= 4 is 39.8 Å². The van der Waals surface area contributed by atoms with Gasteiger partial charge < -0.3 is 9.32 Å². The Balaban J connectivity index is 1.30. The fourth-order valence-electron chi connectivity index (χ4n) is 3.49. The molecule has 0 atom stereocenters. The molecule has 5 rings (SSSR count). The molecule has 0 aliphatic carbocycles. The standard InChI is InChI=1S/C19H16N4O2S/c24-19(13-5-6-14-16(11-13)22-26-21-14)23-9-7-12(8-10-23)18-20-15-3-1-2-4-17(15)25-18/h1-6,11-12H,7-10H2. The number of fused-ring (bicyclic) bond motifs is 2. The molecule has 0 N–H and O–H groups in total. The Morgan fingerprint density at radius 1 is 1.04 bits per heavy atom. The number of piperidine rings is 1. The number of benzene rings is 2. The Morgan fingerprint density at radius 2 is 1.85 bits per heavy atom. The molecule has 1 saturated heterocycles. The Hall–Kier alpha value is -2.80. The molecule has 2 aromatic carbocycles. The lowest BCUT2D eigenvalue weighted by Gasteiger charge is -2.30. The highest BCUT2D eigenvalue weighted by molar-refractivity contribution is 7.00. The van der Waals surface area contributed by atoms with Crippen molar-refractivity contribution in [3.8, 4) is 0 Å². The topological polar surface area (TPSA) is 72.1 Å². The van der Waals surface area contributed by atoms with Gasteiger partial charge in [-0.25, -0.2) is 4.98 Å². The van der Waals surface area contributed by atoms with Crippen LogP contribution in [0.15, 0.2) is 46.9 Å². The van der Waals surface area contributed by atoms with E-state index in [0.717, 1.165) is 40.9 Å². The maximum atomic E-state index is 12.8. The van der Waals surface area contributed by atoms with E-state index in [-0.39, 0.29) is 11.8 Å². The summed E-state index contributed by atoms with van der Waals surface area (Å²) in [4.78, 5) is 19.3. The minimum absolute atomic E-state index is 0.0518. The molecule has 0 bridgehead atoms. The van der Waals surface area contributed by atoms with Crippen LogP contribution in [0.3, 0.4) is 0 Å². The minimum Gasteiger partial charge on any atom is -0.440 e. The highest BCUT2D eigenvalue weighted by Gasteiger charge is 2.27. The molecule has 6 nitrogen and oxygen atoms in total. The molecular formula is C19H16N4O2S. The molecule has 26 heavy (non-hydrogen) atoms. The summed E-state index contributed by atoms with van der Waals surface area (Å²) in [5.41, 5.74) is 4.01. The lowest BCUT2D eigenvalue weighted by molar-refractivity contribution is 0.0707. The van der Waals surface area contributed by atoms with E-state index in [1.54, 1.807) is 0 Å². The molecule has 1 amide bonds. The van der Waals surface area contributed by atoms with Crippen molar-refractivity contribution < 1.29 is 9.21 Å². The molecule has 0 spiro atoms. The molecule has 1 aliphatic heterocycles. The molecule has 1 aliphatic rings. The van der Waals surface area contributed by atoms with Crippen LogP contribution in [0.25, 0.3) is 22.1 Å². The summed E-state index contributed by atoms with van der Waals surface area (Å²) in [6.07, 6.45) is 1.72. The van der Waals surface area contributed by atoms with Crippen LogP contribution in [0.2, 0.25) is 0 Å². The summed E-state index contributed by atoms with van der Waals surface area (Å²) in [6, 6.07) is 13.3. The van der Waals surface area contributed by atoms with Crippen LogP contribution in [0, 0.1) is 0 Å². The summed E-state index contributed by atoms with van der Waals surface area (Å²) in [5.74, 6) is 1.10. The highest BCUT2D eigenvalue weighted by Crippen LogP contribution is 2.30. The van der Waals surface area contributed by atoms with Crippen LogP contribution in [0.4, 0.5) is 0 Å². The lowest BCUT2D eigenvalue weighted by atomic mass is 9.96. The molecule has 0 unspecified atom stereocenters. The zero-order chi connectivity index (χ0) is 17.5. The summed E-state index contributed by atoms with van der Waals surface area (Å²) in [6.45, 7) is 1.41. The second-order valence-electron chi connectivity index (χ2n) is 6.55. The predicted octanol–water partition coefficient (Wildman–Crippen LogP) is 3.85. The van der Waals surface area contributed by atoms with Crippen molar-refractivity contribution in [2.75, 3.05) is 13.1 Å². The van der Waals surface area contributed by atoms with Crippen LogP contribution in [0.5, 0.6) is 0 Å². The molecule has 7 heteroatoms. The van der Waals surface area contributed by atoms with Gasteiger partial charge in [0, 0.05) is 24.6 Å². The molecule has 0 radical (unpaired) electrons. The predicted molar refractivity (Wildman–Crippen MR) is 99.3 cm³/mol. The number of likely N-dealkylation sites (tertiary alicyclic amines) is 1. The first-order valence-electron chi connectivity index (χ1n) is 8.65. The van der Waals surface area contributed by atoms with Gasteiger partial charge in [0.15, 0.2) is 11.5 Å². The third-order valence-corrected chi connectivity index (χ3v) is 5.50. The van der Waals surface area contributed by atoms with Gasteiger partial charge in [-0.3, -0.25) is 4.79 Å². The number of para-hydroxylation sites is 2. The number of hydrogen-bond acceptors (Lipinski definition) is 6. The monoisotopic (exact) mass is 364 g/mol. The second kappa shape index (κ2) is 6.17. The lowest BCUT2D eigenvalue weighted by Crippen LogP contribution is -2.38. The SMILES string of the molecule is O=C(c1ccc2nsnc2c1)N1CCC(c2nc3ccccc3o2)CC1. The van der Waals surface area contributed by atoms with Gasteiger partial charge in [0.1, 0.15) is 16.6 Å². The van der Waals surface area contributed by atoms with E-state index < -0.39 is 0 Å². The summed E-state index contributed by atoms with van der Waals surface area (Å²) >= 11 is 1.17. The van der Waals surface area contributed by atoms with Crippen molar-refractivity contribution in [2.45, 2.75) is 18.8 Å². The Bertz CT molecular complexity index is 1060. The number of amides is 1. The fraction of sp³-hybridized carbons (Fsp3) is 0.263. The van der Waals surface area contributed by atoms with E-state index in [9.17, 15) is 4.79 Å². The first-order valence-corrected chi connectivity index (χ1v) is 9.38. The van der Waals surface area contributed by atoms with Crippen LogP contribution < -0.4 is 0 Å². The van der Waals surface area contributed by atoms with Crippen molar-refractivity contribution in [3.63, 3.8) is 0 Å². The number of carbonyl (C=O) groups excluding carboxylic acids is 1. The third kappa shape index (κ3) is 2.64. The Labute approximate surface area is 153 Å². The van der Waals surface area contributed by atoms with Gasteiger partial charge in [-0.1, -0.05) is 12.1 Å². The highest BCUT2D eigenvalue weighted by atomic mass is 32.1. The van der Waals surface area contributed by atoms with Crippen molar-refractivity contribution in [1.82, 2.24) is 18.6 Å². The number of hydrogen-bond donors (Lipinski definition) is 0. The van der Waals surface area contributed by atoms with Crippen molar-refractivity contribution in [2.24, 2.45) is 0 Å². The van der Waals surface area contributed by atoms with Crippen molar-refractivity contribution in [3.05, 3.63) is 53.9 Å². The van der Waals surface area contributed by atoms with E-state index in [1.165, 1.54) is 11.7 Å². The van der Waals surface area contributed by atoms with E-state index in [2.05, 4.69) is 13.7 Å². The zero-order valence-electron chi connectivity index (χ0n) is 14.0. The summed E-state index contributed by atoms with van der Waals surface area (Å²) < 4.78 is 14.3. The average Bonchev–Trinajstić information content (AvgIpc) is 3.33. The van der Waals surface area contributed by atoms with Crippen molar-refractivity contribution in [1.29, 1.82) is 0 Å². The number of oxazole rings is 1.